The molecular weight excluding hydrogens is 301 g/mol. The molecular formula is C18H19ClFNO. The van der Waals surface area contributed by atoms with Crippen molar-refractivity contribution in [1.29, 1.82) is 0 Å². The van der Waals surface area contributed by atoms with Crippen LogP contribution in [0.1, 0.15) is 36.5 Å². The van der Waals surface area contributed by atoms with Crippen molar-refractivity contribution in [3.63, 3.8) is 0 Å². The molecule has 0 bridgehead atoms. The highest BCUT2D eigenvalue weighted by Gasteiger charge is 2.15. The smallest absolute Gasteiger partial charge is 0.228 e. The summed E-state index contributed by atoms with van der Waals surface area (Å²) in [6.07, 6.45) is -0.0859. The Morgan fingerprint density at radius 3 is 2.55 bits per heavy atom. The number of benzene rings is 2. The molecule has 0 saturated heterocycles. The number of carbonyl (C=O) groups excluding carboxylic acids is 1. The average molecular weight is 320 g/mol. The Labute approximate surface area is 135 Å². The topological polar surface area (TPSA) is 29.1 Å². The molecule has 2 nitrogen and oxygen atoms in total. The van der Waals surface area contributed by atoms with Crippen LogP contribution in [0.3, 0.4) is 0 Å². The molecule has 2 aromatic rings. The van der Waals surface area contributed by atoms with Gasteiger partial charge in [-0.3, -0.25) is 4.79 Å². The van der Waals surface area contributed by atoms with Crippen LogP contribution in [0, 0.1) is 12.7 Å². The standard InChI is InChI=1S/C18H19ClFNO/c1-11(2)13-7-4-6-12(3)18(13)21-17(22)10-14-15(19)8-5-9-16(14)20/h4-9,11H,10H2,1-3H3,(H,21,22). The zero-order valence-electron chi connectivity index (χ0n) is 12.9. The summed E-state index contributed by atoms with van der Waals surface area (Å²) < 4.78 is 13.8. The number of nitrogens with one attached hydrogen (secondary N) is 1. The fourth-order valence-electron chi connectivity index (χ4n) is 2.39. The minimum Gasteiger partial charge on any atom is -0.325 e. The first-order valence-corrected chi connectivity index (χ1v) is 7.60. The van der Waals surface area contributed by atoms with Gasteiger partial charge in [0.25, 0.3) is 0 Å². The van der Waals surface area contributed by atoms with Crippen molar-refractivity contribution >= 4 is 23.2 Å². The number of aryl methyl sites for hydroxylation is 1. The van der Waals surface area contributed by atoms with Gasteiger partial charge in [0.1, 0.15) is 5.82 Å². The van der Waals surface area contributed by atoms with Gasteiger partial charge in [-0.05, 0) is 36.1 Å². The van der Waals surface area contributed by atoms with E-state index in [-0.39, 0.29) is 28.8 Å². The van der Waals surface area contributed by atoms with Gasteiger partial charge in [0, 0.05) is 16.3 Å². The maximum absolute atomic E-state index is 13.8. The van der Waals surface area contributed by atoms with E-state index in [9.17, 15) is 9.18 Å². The summed E-state index contributed by atoms with van der Waals surface area (Å²) in [5.74, 6) is -0.452. The number of halogens is 2. The quantitative estimate of drug-likeness (QED) is 0.835. The van der Waals surface area contributed by atoms with E-state index < -0.39 is 5.82 Å². The highest BCUT2D eigenvalue weighted by Crippen LogP contribution is 2.28. The Hall–Kier alpha value is -1.87. The summed E-state index contributed by atoms with van der Waals surface area (Å²) in [4.78, 5) is 12.3. The largest absolute Gasteiger partial charge is 0.325 e. The molecule has 0 aromatic heterocycles. The maximum Gasteiger partial charge on any atom is 0.228 e. The molecule has 1 N–H and O–H groups in total. The number of anilines is 1. The van der Waals surface area contributed by atoms with Crippen LogP contribution in [-0.2, 0) is 11.2 Å². The van der Waals surface area contributed by atoms with E-state index in [2.05, 4.69) is 19.2 Å². The lowest BCUT2D eigenvalue weighted by Gasteiger charge is -2.16. The molecule has 0 aliphatic heterocycles. The molecule has 1 amide bonds. The summed E-state index contributed by atoms with van der Waals surface area (Å²) in [7, 11) is 0. The van der Waals surface area contributed by atoms with Crippen molar-refractivity contribution in [2.45, 2.75) is 33.1 Å². The summed E-state index contributed by atoms with van der Waals surface area (Å²) in [5.41, 5.74) is 3.07. The highest BCUT2D eigenvalue weighted by molar-refractivity contribution is 6.31. The predicted molar refractivity (Wildman–Crippen MR) is 89.0 cm³/mol. The molecule has 0 saturated carbocycles. The molecule has 2 rings (SSSR count). The number of hydrogen-bond acceptors (Lipinski definition) is 1. The van der Waals surface area contributed by atoms with E-state index in [0.29, 0.717) is 0 Å². The third kappa shape index (κ3) is 3.66. The first-order valence-electron chi connectivity index (χ1n) is 7.22. The molecule has 22 heavy (non-hydrogen) atoms. The van der Waals surface area contributed by atoms with Gasteiger partial charge in [0.05, 0.1) is 6.42 Å². The monoisotopic (exact) mass is 319 g/mol. The van der Waals surface area contributed by atoms with Gasteiger partial charge in [-0.15, -0.1) is 0 Å². The van der Waals surface area contributed by atoms with E-state index in [0.717, 1.165) is 16.8 Å². The average Bonchev–Trinajstić information content (AvgIpc) is 2.45. The van der Waals surface area contributed by atoms with Crippen molar-refractivity contribution in [1.82, 2.24) is 0 Å². The van der Waals surface area contributed by atoms with Gasteiger partial charge < -0.3 is 5.32 Å². The van der Waals surface area contributed by atoms with Crippen molar-refractivity contribution in [3.05, 3.63) is 63.9 Å². The second-order valence-corrected chi connectivity index (χ2v) is 6.03. The number of amides is 1. The number of hydrogen-bond donors (Lipinski definition) is 1. The van der Waals surface area contributed by atoms with E-state index >= 15 is 0 Å². The Morgan fingerprint density at radius 1 is 1.23 bits per heavy atom. The second kappa shape index (κ2) is 6.93. The summed E-state index contributed by atoms with van der Waals surface area (Å²) >= 11 is 5.97. The normalized spacial score (nSPS) is 10.8. The summed E-state index contributed by atoms with van der Waals surface area (Å²) in [6.45, 7) is 6.08. The van der Waals surface area contributed by atoms with Crippen LogP contribution in [0.2, 0.25) is 5.02 Å². The Bertz CT molecular complexity index is 677. The Balaban J connectivity index is 2.23. The van der Waals surface area contributed by atoms with E-state index in [4.69, 9.17) is 11.6 Å². The number of para-hydroxylation sites is 1. The third-order valence-corrected chi connectivity index (χ3v) is 3.94. The van der Waals surface area contributed by atoms with Gasteiger partial charge in [-0.25, -0.2) is 4.39 Å². The SMILES string of the molecule is Cc1cccc(C(C)C)c1NC(=O)Cc1c(F)cccc1Cl. The molecule has 0 radical (unpaired) electrons. The first kappa shape index (κ1) is 16.5. The molecule has 0 atom stereocenters. The minimum atomic E-state index is -0.462. The molecule has 2 aromatic carbocycles. The Kier molecular flexibility index (Phi) is 5.19. The van der Waals surface area contributed by atoms with Crippen LogP contribution in [-0.4, -0.2) is 5.91 Å². The number of carbonyl (C=O) groups is 1. The van der Waals surface area contributed by atoms with Crippen molar-refractivity contribution in [3.8, 4) is 0 Å². The molecule has 116 valence electrons. The Morgan fingerprint density at radius 2 is 1.91 bits per heavy atom. The van der Waals surface area contributed by atoms with Crippen molar-refractivity contribution in [2.75, 3.05) is 5.32 Å². The number of rotatable bonds is 4. The van der Waals surface area contributed by atoms with Crippen LogP contribution in [0.15, 0.2) is 36.4 Å². The predicted octanol–water partition coefficient (Wildman–Crippen LogP) is 5.09. The van der Waals surface area contributed by atoms with Crippen LogP contribution in [0.5, 0.6) is 0 Å². The van der Waals surface area contributed by atoms with Gasteiger partial charge in [-0.2, -0.15) is 0 Å². The zero-order valence-corrected chi connectivity index (χ0v) is 13.7. The lowest BCUT2D eigenvalue weighted by Crippen LogP contribution is -2.17. The van der Waals surface area contributed by atoms with Gasteiger partial charge in [0.2, 0.25) is 5.91 Å². The molecule has 0 aliphatic rings. The van der Waals surface area contributed by atoms with E-state index in [1.807, 2.05) is 25.1 Å². The summed E-state index contributed by atoms with van der Waals surface area (Å²) in [5, 5.41) is 3.17. The summed E-state index contributed by atoms with van der Waals surface area (Å²) in [6, 6.07) is 10.3. The van der Waals surface area contributed by atoms with E-state index in [1.54, 1.807) is 6.07 Å². The van der Waals surface area contributed by atoms with Crippen LogP contribution >= 0.6 is 11.6 Å². The fraction of sp³-hybridized carbons (Fsp3) is 0.278. The molecule has 0 fully saturated rings. The van der Waals surface area contributed by atoms with Gasteiger partial charge in [0.15, 0.2) is 0 Å². The highest BCUT2D eigenvalue weighted by atomic mass is 35.5. The van der Waals surface area contributed by atoms with Crippen molar-refractivity contribution < 1.29 is 9.18 Å². The lowest BCUT2D eigenvalue weighted by molar-refractivity contribution is -0.115. The van der Waals surface area contributed by atoms with E-state index in [1.165, 1.54) is 12.1 Å². The lowest BCUT2D eigenvalue weighted by atomic mass is 9.98. The van der Waals surface area contributed by atoms with Gasteiger partial charge in [-0.1, -0.05) is 49.7 Å². The van der Waals surface area contributed by atoms with Crippen LogP contribution in [0.25, 0.3) is 0 Å². The minimum absolute atomic E-state index is 0.0859. The molecule has 0 unspecified atom stereocenters. The molecule has 0 spiro atoms. The third-order valence-electron chi connectivity index (χ3n) is 3.59. The van der Waals surface area contributed by atoms with Crippen LogP contribution in [0.4, 0.5) is 10.1 Å². The molecule has 0 heterocycles. The fourth-order valence-corrected chi connectivity index (χ4v) is 2.62. The first-order chi connectivity index (χ1) is 10.4. The second-order valence-electron chi connectivity index (χ2n) is 5.62. The maximum atomic E-state index is 13.8. The van der Waals surface area contributed by atoms with Crippen LogP contribution < -0.4 is 5.32 Å². The molecule has 0 aliphatic carbocycles. The zero-order chi connectivity index (χ0) is 16.3. The van der Waals surface area contributed by atoms with Gasteiger partial charge >= 0.3 is 0 Å². The molecule has 4 heteroatoms. The van der Waals surface area contributed by atoms with Crippen molar-refractivity contribution in [2.24, 2.45) is 0 Å².